The summed E-state index contributed by atoms with van der Waals surface area (Å²) >= 11 is 3.40. The Morgan fingerprint density at radius 3 is 3.23 bits per heavy atom. The molecule has 3 atom stereocenters. The lowest BCUT2D eigenvalue weighted by atomic mass is 9.97. The molecule has 2 bridgehead atoms. The summed E-state index contributed by atoms with van der Waals surface area (Å²) in [5.41, 5.74) is 0.536. The van der Waals surface area contributed by atoms with Crippen LogP contribution in [0.15, 0.2) is 22.5 Å². The molecule has 4 nitrogen and oxygen atoms in total. The van der Waals surface area contributed by atoms with Crippen molar-refractivity contribution in [1.82, 2.24) is 15.2 Å². The number of aromatic nitrogens is 1. The molecule has 2 fully saturated rings. The van der Waals surface area contributed by atoms with Gasteiger partial charge in [-0.1, -0.05) is 0 Å². The largest absolute Gasteiger partial charge is 0.347 e. The fourth-order valence-electron chi connectivity index (χ4n) is 3.62. The van der Waals surface area contributed by atoms with Crippen LogP contribution in [0, 0.1) is 5.92 Å². The molecular formula is C16H19N3OS2. The minimum atomic E-state index is -0.0346. The van der Waals surface area contributed by atoms with E-state index < -0.39 is 0 Å². The molecule has 2 aromatic rings. The fraction of sp³-hybridized carbons (Fsp3) is 0.500. The Hall–Kier alpha value is -1.11. The van der Waals surface area contributed by atoms with E-state index in [1.807, 2.05) is 12.3 Å². The number of thioether (sulfide) groups is 1. The van der Waals surface area contributed by atoms with E-state index in [-0.39, 0.29) is 11.9 Å². The Kier molecular flexibility index (Phi) is 3.84. The summed E-state index contributed by atoms with van der Waals surface area (Å²) in [6.07, 6.45) is 6.28. The SMILES string of the molecule is CSc1csc2cnc(C(=O)NC3CC4CCN(C4)C3)cc12. The molecule has 2 saturated heterocycles. The third-order valence-corrected chi connectivity index (χ3v) is 6.54. The Labute approximate surface area is 138 Å². The lowest BCUT2D eigenvalue weighted by Crippen LogP contribution is -2.47. The maximum absolute atomic E-state index is 12.5. The van der Waals surface area contributed by atoms with E-state index in [2.05, 4.69) is 26.8 Å². The summed E-state index contributed by atoms with van der Waals surface area (Å²) in [4.78, 5) is 20.5. The maximum Gasteiger partial charge on any atom is 0.270 e. The van der Waals surface area contributed by atoms with Crippen LogP contribution in [0.25, 0.3) is 10.1 Å². The molecule has 0 saturated carbocycles. The highest BCUT2D eigenvalue weighted by Crippen LogP contribution is 2.32. The van der Waals surface area contributed by atoms with Crippen molar-refractivity contribution >= 4 is 39.1 Å². The van der Waals surface area contributed by atoms with Gasteiger partial charge in [-0.3, -0.25) is 4.79 Å². The maximum atomic E-state index is 12.5. The second kappa shape index (κ2) is 5.83. The summed E-state index contributed by atoms with van der Waals surface area (Å²) < 4.78 is 1.14. The van der Waals surface area contributed by atoms with Gasteiger partial charge in [-0.25, -0.2) is 4.98 Å². The van der Waals surface area contributed by atoms with Crippen molar-refractivity contribution in [2.75, 3.05) is 25.9 Å². The summed E-state index contributed by atoms with van der Waals surface area (Å²) in [6, 6.07) is 2.21. The normalized spacial score (nSPS) is 27.2. The van der Waals surface area contributed by atoms with Crippen molar-refractivity contribution in [1.29, 1.82) is 0 Å². The van der Waals surface area contributed by atoms with E-state index in [1.165, 1.54) is 24.4 Å². The van der Waals surface area contributed by atoms with E-state index in [0.717, 1.165) is 29.0 Å². The first-order chi connectivity index (χ1) is 10.7. The number of fused-ring (bicyclic) bond motifs is 3. The lowest BCUT2D eigenvalue weighted by molar-refractivity contribution is 0.0904. The van der Waals surface area contributed by atoms with Crippen LogP contribution < -0.4 is 5.32 Å². The quantitative estimate of drug-likeness (QED) is 0.878. The smallest absolute Gasteiger partial charge is 0.270 e. The lowest BCUT2D eigenvalue weighted by Gasteiger charge is -2.30. The molecule has 4 rings (SSSR count). The van der Waals surface area contributed by atoms with Crippen LogP contribution >= 0.6 is 23.1 Å². The summed E-state index contributed by atoms with van der Waals surface area (Å²) in [6.45, 7) is 3.38. The van der Waals surface area contributed by atoms with Crippen molar-refractivity contribution in [2.45, 2.75) is 23.8 Å². The highest BCUT2D eigenvalue weighted by Gasteiger charge is 2.33. The van der Waals surface area contributed by atoms with E-state index in [0.29, 0.717) is 5.69 Å². The van der Waals surface area contributed by atoms with E-state index in [4.69, 9.17) is 0 Å². The van der Waals surface area contributed by atoms with Gasteiger partial charge in [0.1, 0.15) is 5.69 Å². The first-order valence-electron chi connectivity index (χ1n) is 7.67. The third kappa shape index (κ3) is 2.64. The molecule has 2 aliphatic heterocycles. The Morgan fingerprint density at radius 1 is 1.50 bits per heavy atom. The van der Waals surface area contributed by atoms with Crippen molar-refractivity contribution in [3.05, 3.63) is 23.3 Å². The summed E-state index contributed by atoms with van der Waals surface area (Å²) in [5.74, 6) is 0.724. The standard InChI is InChI=1S/C16H19N3OS2/c1-21-15-9-22-14-6-17-13(5-12(14)15)16(20)18-11-4-10-2-3-19(7-10)8-11/h5-6,9-11H,2-4,7-8H2,1H3,(H,18,20). The number of carbonyl (C=O) groups excluding carboxylic acids is 1. The van der Waals surface area contributed by atoms with Gasteiger partial charge in [-0.2, -0.15) is 0 Å². The molecule has 0 spiro atoms. The molecule has 1 N–H and O–H groups in total. The van der Waals surface area contributed by atoms with Crippen LogP contribution in [-0.4, -0.2) is 47.7 Å². The van der Waals surface area contributed by atoms with Gasteiger partial charge in [0, 0.05) is 41.0 Å². The van der Waals surface area contributed by atoms with Gasteiger partial charge in [-0.05, 0) is 37.6 Å². The Bertz CT molecular complexity index is 702. The number of piperidine rings is 1. The fourth-order valence-corrected chi connectivity index (χ4v) is 5.37. The summed E-state index contributed by atoms with van der Waals surface area (Å²) in [7, 11) is 0. The van der Waals surface area contributed by atoms with Gasteiger partial charge in [-0.15, -0.1) is 23.1 Å². The molecule has 0 aromatic carbocycles. The van der Waals surface area contributed by atoms with Crippen LogP contribution in [-0.2, 0) is 0 Å². The van der Waals surface area contributed by atoms with Gasteiger partial charge in [0.25, 0.3) is 5.91 Å². The molecule has 22 heavy (non-hydrogen) atoms. The number of amides is 1. The predicted octanol–water partition coefficient (Wildman–Crippen LogP) is 2.84. The predicted molar refractivity (Wildman–Crippen MR) is 91.8 cm³/mol. The topological polar surface area (TPSA) is 45.2 Å². The van der Waals surface area contributed by atoms with Crippen molar-refractivity contribution in [3.8, 4) is 0 Å². The molecule has 0 radical (unpaired) electrons. The minimum Gasteiger partial charge on any atom is -0.347 e. The molecule has 3 unspecified atom stereocenters. The van der Waals surface area contributed by atoms with Gasteiger partial charge in [0.2, 0.25) is 0 Å². The molecule has 116 valence electrons. The number of nitrogens with zero attached hydrogens (tertiary/aromatic N) is 2. The molecule has 1 amide bonds. The Morgan fingerprint density at radius 2 is 2.41 bits per heavy atom. The zero-order chi connectivity index (χ0) is 15.1. The first-order valence-corrected chi connectivity index (χ1v) is 9.78. The number of thiophene rings is 1. The number of hydrogen-bond donors (Lipinski definition) is 1. The minimum absolute atomic E-state index is 0.0346. The van der Waals surface area contributed by atoms with E-state index in [9.17, 15) is 4.79 Å². The van der Waals surface area contributed by atoms with Crippen LogP contribution in [0.2, 0.25) is 0 Å². The molecule has 4 heterocycles. The second-order valence-electron chi connectivity index (χ2n) is 6.19. The van der Waals surface area contributed by atoms with Crippen LogP contribution in [0.3, 0.4) is 0 Å². The van der Waals surface area contributed by atoms with Crippen molar-refractivity contribution in [2.24, 2.45) is 5.92 Å². The Balaban J connectivity index is 1.52. The zero-order valence-corrected chi connectivity index (χ0v) is 14.2. The highest BCUT2D eigenvalue weighted by atomic mass is 32.2. The molecule has 2 aliphatic rings. The average molecular weight is 333 g/mol. The van der Waals surface area contributed by atoms with Crippen molar-refractivity contribution < 1.29 is 4.79 Å². The van der Waals surface area contributed by atoms with Crippen LogP contribution in [0.5, 0.6) is 0 Å². The van der Waals surface area contributed by atoms with Gasteiger partial charge < -0.3 is 10.2 Å². The third-order valence-electron chi connectivity index (χ3n) is 4.68. The molecular weight excluding hydrogens is 314 g/mol. The summed E-state index contributed by atoms with van der Waals surface area (Å²) in [5, 5.41) is 6.46. The van der Waals surface area contributed by atoms with Gasteiger partial charge in [0.15, 0.2) is 0 Å². The first kappa shape index (κ1) is 14.5. The average Bonchev–Trinajstić information content (AvgIpc) is 3.09. The van der Waals surface area contributed by atoms with Gasteiger partial charge >= 0.3 is 0 Å². The van der Waals surface area contributed by atoms with Gasteiger partial charge in [0.05, 0.1) is 4.70 Å². The molecule has 0 aliphatic carbocycles. The van der Waals surface area contributed by atoms with Crippen LogP contribution in [0.1, 0.15) is 23.3 Å². The molecule has 6 heteroatoms. The number of rotatable bonds is 3. The molecule has 2 aromatic heterocycles. The zero-order valence-electron chi connectivity index (χ0n) is 12.5. The van der Waals surface area contributed by atoms with Crippen LogP contribution in [0.4, 0.5) is 0 Å². The van der Waals surface area contributed by atoms with E-state index >= 15 is 0 Å². The number of hydrogen-bond acceptors (Lipinski definition) is 5. The second-order valence-corrected chi connectivity index (χ2v) is 7.95. The number of nitrogens with one attached hydrogen (secondary N) is 1. The number of pyridine rings is 1. The highest BCUT2D eigenvalue weighted by molar-refractivity contribution is 7.99. The monoisotopic (exact) mass is 333 g/mol. The van der Waals surface area contributed by atoms with E-state index in [1.54, 1.807) is 23.1 Å². The number of carbonyl (C=O) groups is 1. The van der Waals surface area contributed by atoms with Crippen molar-refractivity contribution in [3.63, 3.8) is 0 Å².